The van der Waals surface area contributed by atoms with Gasteiger partial charge in [-0.25, -0.2) is 13.8 Å². The number of para-hydroxylation sites is 3. The lowest BCUT2D eigenvalue weighted by Crippen LogP contribution is -2.13. The molecule has 0 saturated carbocycles. The van der Waals surface area contributed by atoms with Crippen molar-refractivity contribution in [1.29, 1.82) is 0 Å². The molecule has 7 heteroatoms. The minimum absolute atomic E-state index is 0.0457. The second kappa shape index (κ2) is 19.1. The highest BCUT2D eigenvalue weighted by Gasteiger charge is 2.25. The summed E-state index contributed by atoms with van der Waals surface area (Å²) in [4.78, 5) is 4.89. The zero-order valence-corrected chi connectivity index (χ0v) is 44.1. The first-order valence-electron chi connectivity index (χ1n) is 25.3. The molecule has 0 saturated heterocycles. The molecule has 0 radical (unpaired) electrons. The van der Waals surface area contributed by atoms with Crippen LogP contribution in [-0.4, -0.2) is 9.55 Å². The predicted molar refractivity (Wildman–Crippen MR) is 300 cm³/mol. The van der Waals surface area contributed by atoms with Crippen LogP contribution in [0.5, 0.6) is 11.5 Å². The van der Waals surface area contributed by atoms with Crippen molar-refractivity contribution >= 4 is 44.6 Å². The van der Waals surface area contributed by atoms with Crippen LogP contribution < -0.4 is 15.4 Å². The molecular weight excluding hydrogens is 891 g/mol. The van der Waals surface area contributed by atoms with E-state index in [0.29, 0.717) is 22.6 Å². The van der Waals surface area contributed by atoms with Crippen molar-refractivity contribution in [3.63, 3.8) is 0 Å². The number of pyridine rings is 1. The van der Waals surface area contributed by atoms with Crippen LogP contribution in [0.4, 0.5) is 31.5 Å². The number of fused-ring (bicyclic) bond motifs is 3. The van der Waals surface area contributed by atoms with Crippen LogP contribution in [0.15, 0.2) is 152 Å². The van der Waals surface area contributed by atoms with Gasteiger partial charge in [-0.15, -0.1) is 0 Å². The number of aromatic nitrogens is 2. The average molecular weight is 959 g/mol. The highest BCUT2D eigenvalue weighted by atomic mass is 19.1. The topological polar surface area (TPSA) is 51.1 Å². The molecule has 2 N–H and O–H groups in total. The fraction of sp³-hybridized carbons (Fsp3) is 0.277. The second-order valence-electron chi connectivity index (χ2n) is 23.1. The van der Waals surface area contributed by atoms with E-state index in [4.69, 9.17) is 9.72 Å². The highest BCUT2D eigenvalue weighted by Crippen LogP contribution is 2.46. The summed E-state index contributed by atoms with van der Waals surface area (Å²) < 4.78 is 39.7. The molecule has 0 bridgehead atoms. The minimum Gasteiger partial charge on any atom is -0.457 e. The molecule has 7 aromatic carbocycles. The molecule has 9 rings (SSSR count). The zero-order valence-electron chi connectivity index (χ0n) is 44.1. The maximum Gasteiger partial charge on any atom is 0.137 e. The fourth-order valence-electron chi connectivity index (χ4n) is 9.43. The van der Waals surface area contributed by atoms with Crippen LogP contribution >= 0.6 is 0 Å². The quantitative estimate of drug-likeness (QED) is 0.136. The number of benzene rings is 7. The first-order chi connectivity index (χ1) is 34.0. The van der Waals surface area contributed by atoms with Gasteiger partial charge in [0.15, 0.2) is 0 Å². The van der Waals surface area contributed by atoms with Crippen molar-refractivity contribution in [3.05, 3.63) is 191 Å². The Morgan fingerprint density at radius 2 is 1.04 bits per heavy atom. The monoisotopic (exact) mass is 959 g/mol. The van der Waals surface area contributed by atoms with Crippen LogP contribution in [0.3, 0.4) is 0 Å². The molecule has 0 aliphatic heterocycles. The lowest BCUT2D eigenvalue weighted by molar-refractivity contribution is 0.479. The van der Waals surface area contributed by atoms with Gasteiger partial charge in [-0.3, -0.25) is 4.57 Å². The van der Waals surface area contributed by atoms with E-state index in [2.05, 4.69) is 196 Å². The second-order valence-corrected chi connectivity index (χ2v) is 23.1. The van der Waals surface area contributed by atoms with Gasteiger partial charge in [0.05, 0.1) is 28.1 Å². The summed E-state index contributed by atoms with van der Waals surface area (Å²) >= 11 is 0. The maximum atomic E-state index is 15.3. The zero-order chi connectivity index (χ0) is 51.4. The van der Waals surface area contributed by atoms with Gasteiger partial charge in [0.2, 0.25) is 0 Å². The molecule has 9 aromatic rings. The number of anilines is 4. The Labute approximate surface area is 425 Å². The number of halogens is 2. The maximum absolute atomic E-state index is 15.3. The van der Waals surface area contributed by atoms with Crippen molar-refractivity contribution in [3.8, 4) is 39.6 Å². The lowest BCUT2D eigenvalue weighted by atomic mass is 9.81. The van der Waals surface area contributed by atoms with Crippen LogP contribution in [0.1, 0.15) is 130 Å². The standard InChI is InChI=1S/C65H68F2N4O/c1-39(2)41-26-42(40(3)4)28-43(27-41)55-33-47(65(11,12)13)34-56(44-29-48(66)36-49(67)30-44)62(55)70-58-20-16-15-19-57(58)69-50-31-46(64(8,9)10)32-52(37-50)72-51-22-23-54-53-18-14-17-21-59(53)71(60(54)38-51)61-35-45(24-25-68-61)63(5,6)7/h14-40,69-70H,1-13H3. The Morgan fingerprint density at radius 1 is 0.486 bits per heavy atom. The van der Waals surface area contributed by atoms with E-state index < -0.39 is 11.6 Å². The molecule has 0 aliphatic carbocycles. The summed E-state index contributed by atoms with van der Waals surface area (Å²) in [5, 5.41) is 9.89. The van der Waals surface area contributed by atoms with Crippen LogP contribution in [0.25, 0.3) is 49.9 Å². The van der Waals surface area contributed by atoms with Crippen LogP contribution in [0.2, 0.25) is 0 Å². The van der Waals surface area contributed by atoms with Gasteiger partial charge in [-0.1, -0.05) is 139 Å². The first-order valence-corrected chi connectivity index (χ1v) is 25.3. The molecule has 72 heavy (non-hydrogen) atoms. The predicted octanol–water partition coefficient (Wildman–Crippen LogP) is 19.2. The van der Waals surface area contributed by atoms with Gasteiger partial charge in [-0.05, 0) is 146 Å². The third kappa shape index (κ3) is 10.4. The number of hydrogen-bond acceptors (Lipinski definition) is 4. The summed E-state index contributed by atoms with van der Waals surface area (Å²) in [6, 6.07) is 48.4. The number of hydrogen-bond donors (Lipinski definition) is 2. The van der Waals surface area contributed by atoms with Crippen LogP contribution in [-0.2, 0) is 16.2 Å². The van der Waals surface area contributed by atoms with Crippen molar-refractivity contribution in [2.75, 3.05) is 10.6 Å². The minimum atomic E-state index is -0.633. The average Bonchev–Trinajstić information content (AvgIpc) is 3.64. The SMILES string of the molecule is CC(C)c1cc(-c2cc(C(C)(C)C)cc(-c3cc(F)cc(F)c3)c2Nc2ccccc2Nc2cc(Oc3ccc4c5ccccc5n(-c5cc(C(C)(C)C)ccn5)c4c3)cc(C(C)(C)C)c2)cc(C(C)C)c1. The largest absolute Gasteiger partial charge is 0.457 e. The lowest BCUT2D eigenvalue weighted by Gasteiger charge is -2.27. The van der Waals surface area contributed by atoms with Crippen LogP contribution in [0, 0.1) is 11.6 Å². The number of nitrogens with zero attached hydrogens (tertiary/aromatic N) is 2. The number of ether oxygens (including phenoxy) is 1. The molecule has 0 aliphatic rings. The molecule has 0 unspecified atom stereocenters. The van der Waals surface area contributed by atoms with E-state index in [0.717, 1.165) is 78.7 Å². The van der Waals surface area contributed by atoms with Gasteiger partial charge < -0.3 is 15.4 Å². The van der Waals surface area contributed by atoms with E-state index in [-0.39, 0.29) is 28.1 Å². The van der Waals surface area contributed by atoms with Crippen molar-refractivity contribution < 1.29 is 13.5 Å². The van der Waals surface area contributed by atoms with Crippen molar-refractivity contribution in [2.24, 2.45) is 0 Å². The van der Waals surface area contributed by atoms with E-state index in [9.17, 15) is 0 Å². The molecule has 368 valence electrons. The molecule has 0 atom stereocenters. The molecular formula is C65H68F2N4O. The van der Waals surface area contributed by atoms with Crippen molar-refractivity contribution in [2.45, 2.75) is 118 Å². The van der Waals surface area contributed by atoms with E-state index >= 15 is 8.78 Å². The Kier molecular flexibility index (Phi) is 13.2. The number of rotatable bonds is 11. The number of nitrogens with one attached hydrogen (secondary N) is 2. The summed E-state index contributed by atoms with van der Waals surface area (Å²) in [5.74, 6) is 1.55. The molecule has 0 fully saturated rings. The fourth-order valence-corrected chi connectivity index (χ4v) is 9.43. The van der Waals surface area contributed by atoms with Gasteiger partial charge >= 0.3 is 0 Å². The molecule has 5 nitrogen and oxygen atoms in total. The Morgan fingerprint density at radius 3 is 1.65 bits per heavy atom. The summed E-state index contributed by atoms with van der Waals surface area (Å²) in [5.41, 5.74) is 13.7. The Balaban J connectivity index is 1.15. The third-order valence-electron chi connectivity index (χ3n) is 13.8. The summed E-state index contributed by atoms with van der Waals surface area (Å²) in [6.07, 6.45) is 1.90. The van der Waals surface area contributed by atoms with Gasteiger partial charge in [0.1, 0.15) is 29.0 Å². The van der Waals surface area contributed by atoms with E-state index in [1.165, 1.54) is 28.8 Å². The molecule has 0 amide bonds. The van der Waals surface area contributed by atoms with Gasteiger partial charge in [0, 0.05) is 52.0 Å². The van der Waals surface area contributed by atoms with Gasteiger partial charge in [-0.2, -0.15) is 0 Å². The molecule has 2 aromatic heterocycles. The molecule has 2 heterocycles. The first kappa shape index (κ1) is 49.7. The summed E-state index contributed by atoms with van der Waals surface area (Å²) in [7, 11) is 0. The normalized spacial score (nSPS) is 12.3. The van der Waals surface area contributed by atoms with Gasteiger partial charge in [0.25, 0.3) is 0 Å². The summed E-state index contributed by atoms with van der Waals surface area (Å²) in [6.45, 7) is 28.6. The smallest absolute Gasteiger partial charge is 0.137 e. The van der Waals surface area contributed by atoms with E-state index in [1.54, 1.807) is 0 Å². The molecule has 0 spiro atoms. The Bertz CT molecular complexity index is 3440. The van der Waals surface area contributed by atoms with E-state index in [1.807, 2.05) is 42.6 Å². The Hall–Kier alpha value is -7.25. The van der Waals surface area contributed by atoms with Crippen molar-refractivity contribution in [1.82, 2.24) is 9.55 Å². The third-order valence-corrected chi connectivity index (χ3v) is 13.8. The highest BCUT2D eigenvalue weighted by molar-refractivity contribution is 6.09.